The average Bonchev–Trinajstić information content (AvgIpc) is 2.27. The van der Waals surface area contributed by atoms with Crippen LogP contribution in [0.15, 0.2) is 36.4 Å². The molecule has 16 heavy (non-hydrogen) atoms. The van der Waals surface area contributed by atoms with E-state index in [9.17, 15) is 4.79 Å². The van der Waals surface area contributed by atoms with Crippen molar-refractivity contribution >= 4 is 12.0 Å². The van der Waals surface area contributed by atoms with Crippen molar-refractivity contribution in [3.63, 3.8) is 0 Å². The molecule has 0 aromatic heterocycles. The highest BCUT2D eigenvalue weighted by atomic mass is 16.5. The molecule has 0 spiro atoms. The lowest BCUT2D eigenvalue weighted by Crippen LogP contribution is -2.18. The van der Waals surface area contributed by atoms with Crippen molar-refractivity contribution in [1.29, 1.82) is 0 Å². The minimum Gasteiger partial charge on any atom is -0.459 e. The fraction of sp³-hybridized carbons (Fsp3) is 0.357. The van der Waals surface area contributed by atoms with Crippen molar-refractivity contribution in [2.24, 2.45) is 5.92 Å². The third kappa shape index (κ3) is 4.30. The first-order valence-electron chi connectivity index (χ1n) is 5.53. The molecule has 0 N–H and O–H groups in total. The Kier molecular flexibility index (Phi) is 4.77. The van der Waals surface area contributed by atoms with Crippen LogP contribution in [-0.4, -0.2) is 12.1 Å². The van der Waals surface area contributed by atoms with E-state index in [0.717, 1.165) is 5.56 Å². The zero-order valence-corrected chi connectivity index (χ0v) is 10.0. The van der Waals surface area contributed by atoms with E-state index in [1.54, 1.807) is 6.08 Å². The van der Waals surface area contributed by atoms with Crippen LogP contribution < -0.4 is 0 Å². The van der Waals surface area contributed by atoms with Crippen molar-refractivity contribution in [2.75, 3.05) is 0 Å². The van der Waals surface area contributed by atoms with Crippen LogP contribution in [-0.2, 0) is 9.53 Å². The number of carbonyl (C=O) groups excluding carboxylic acids is 1. The van der Waals surface area contributed by atoms with Crippen LogP contribution in [0.5, 0.6) is 0 Å². The lowest BCUT2D eigenvalue weighted by atomic mass is 10.1. The molecule has 0 saturated heterocycles. The van der Waals surface area contributed by atoms with Gasteiger partial charge in [0.1, 0.15) is 6.10 Å². The van der Waals surface area contributed by atoms with Crippen molar-refractivity contribution < 1.29 is 9.53 Å². The van der Waals surface area contributed by atoms with Crippen LogP contribution in [0.2, 0.25) is 0 Å². The molecule has 0 aliphatic carbocycles. The summed E-state index contributed by atoms with van der Waals surface area (Å²) in [7, 11) is 0. The van der Waals surface area contributed by atoms with Gasteiger partial charge in [0, 0.05) is 6.08 Å². The minimum atomic E-state index is -0.287. The van der Waals surface area contributed by atoms with Gasteiger partial charge in [-0.05, 0) is 24.5 Å². The maximum absolute atomic E-state index is 11.4. The molecule has 1 rings (SSSR count). The van der Waals surface area contributed by atoms with Gasteiger partial charge in [0.2, 0.25) is 0 Å². The maximum atomic E-state index is 11.4. The lowest BCUT2D eigenvalue weighted by molar-refractivity contribution is -0.143. The van der Waals surface area contributed by atoms with E-state index in [1.165, 1.54) is 6.08 Å². The number of benzene rings is 1. The Labute approximate surface area is 96.9 Å². The molecule has 2 nitrogen and oxygen atoms in total. The Hall–Kier alpha value is -1.57. The van der Waals surface area contributed by atoms with Gasteiger partial charge in [-0.3, -0.25) is 0 Å². The van der Waals surface area contributed by atoms with Gasteiger partial charge < -0.3 is 4.74 Å². The van der Waals surface area contributed by atoms with Gasteiger partial charge in [0.25, 0.3) is 0 Å². The standard InChI is InChI=1S/C14H18O2/c1-11(2)12(3)16-14(15)10-9-13-7-5-4-6-8-13/h4-12H,1-3H3/b10-9+. The zero-order chi connectivity index (χ0) is 12.0. The molecule has 0 radical (unpaired) electrons. The summed E-state index contributed by atoms with van der Waals surface area (Å²) < 4.78 is 5.21. The maximum Gasteiger partial charge on any atom is 0.331 e. The largest absolute Gasteiger partial charge is 0.459 e. The van der Waals surface area contributed by atoms with E-state index in [1.807, 2.05) is 51.1 Å². The normalized spacial score (nSPS) is 13.0. The molecule has 0 bridgehead atoms. The third-order valence-corrected chi connectivity index (χ3v) is 2.45. The second kappa shape index (κ2) is 6.11. The molecule has 2 heteroatoms. The van der Waals surface area contributed by atoms with Gasteiger partial charge in [-0.2, -0.15) is 0 Å². The number of hydrogen-bond acceptors (Lipinski definition) is 2. The molecule has 1 aromatic rings. The first kappa shape index (κ1) is 12.5. The SMILES string of the molecule is CC(C)C(C)OC(=O)/C=C/c1ccccc1. The number of carbonyl (C=O) groups is 1. The summed E-state index contributed by atoms with van der Waals surface area (Å²) in [5, 5.41) is 0. The van der Waals surface area contributed by atoms with Crippen LogP contribution in [0.1, 0.15) is 26.3 Å². The average molecular weight is 218 g/mol. The lowest BCUT2D eigenvalue weighted by Gasteiger charge is -2.14. The van der Waals surface area contributed by atoms with E-state index in [4.69, 9.17) is 4.74 Å². The van der Waals surface area contributed by atoms with Crippen LogP contribution >= 0.6 is 0 Å². The highest BCUT2D eigenvalue weighted by molar-refractivity contribution is 5.87. The van der Waals surface area contributed by atoms with Crippen LogP contribution in [0.25, 0.3) is 6.08 Å². The zero-order valence-electron chi connectivity index (χ0n) is 10.0. The van der Waals surface area contributed by atoms with E-state index < -0.39 is 0 Å². The van der Waals surface area contributed by atoms with Crippen molar-refractivity contribution in [3.05, 3.63) is 42.0 Å². The van der Waals surface area contributed by atoms with Gasteiger partial charge in [-0.1, -0.05) is 44.2 Å². The van der Waals surface area contributed by atoms with Gasteiger partial charge in [0.05, 0.1) is 0 Å². The predicted octanol–water partition coefficient (Wildman–Crippen LogP) is 3.29. The third-order valence-electron chi connectivity index (χ3n) is 2.45. The Morgan fingerprint density at radius 1 is 1.19 bits per heavy atom. The number of ether oxygens (including phenoxy) is 1. The molecule has 86 valence electrons. The molecular formula is C14H18O2. The number of esters is 1. The molecule has 0 aliphatic heterocycles. The van der Waals surface area contributed by atoms with Crippen molar-refractivity contribution in [3.8, 4) is 0 Å². The van der Waals surface area contributed by atoms with Crippen molar-refractivity contribution in [2.45, 2.75) is 26.9 Å². The second-order valence-corrected chi connectivity index (χ2v) is 4.13. The van der Waals surface area contributed by atoms with Crippen molar-refractivity contribution in [1.82, 2.24) is 0 Å². The smallest absolute Gasteiger partial charge is 0.331 e. The van der Waals surface area contributed by atoms with Gasteiger partial charge in [-0.25, -0.2) is 4.79 Å². The molecule has 1 aromatic carbocycles. The van der Waals surface area contributed by atoms with E-state index >= 15 is 0 Å². The van der Waals surface area contributed by atoms with Gasteiger partial charge in [-0.15, -0.1) is 0 Å². The fourth-order valence-corrected chi connectivity index (χ4v) is 1.09. The Balaban J connectivity index is 2.49. The second-order valence-electron chi connectivity index (χ2n) is 4.13. The van der Waals surface area contributed by atoms with Crippen LogP contribution in [0, 0.1) is 5.92 Å². The van der Waals surface area contributed by atoms with Gasteiger partial charge >= 0.3 is 5.97 Å². The Morgan fingerprint density at radius 2 is 1.81 bits per heavy atom. The van der Waals surface area contributed by atoms with E-state index in [-0.39, 0.29) is 12.1 Å². The van der Waals surface area contributed by atoms with Crippen LogP contribution in [0.3, 0.4) is 0 Å². The first-order chi connectivity index (χ1) is 7.59. The monoisotopic (exact) mass is 218 g/mol. The number of hydrogen-bond donors (Lipinski definition) is 0. The van der Waals surface area contributed by atoms with Crippen LogP contribution in [0.4, 0.5) is 0 Å². The Bertz CT molecular complexity index is 352. The molecule has 1 unspecified atom stereocenters. The fourth-order valence-electron chi connectivity index (χ4n) is 1.09. The summed E-state index contributed by atoms with van der Waals surface area (Å²) in [6.45, 7) is 5.95. The first-order valence-corrected chi connectivity index (χ1v) is 5.53. The van der Waals surface area contributed by atoms with E-state index in [2.05, 4.69) is 0 Å². The quantitative estimate of drug-likeness (QED) is 0.572. The molecule has 0 amide bonds. The summed E-state index contributed by atoms with van der Waals surface area (Å²) in [5.41, 5.74) is 0.997. The number of rotatable bonds is 4. The topological polar surface area (TPSA) is 26.3 Å². The van der Waals surface area contributed by atoms with E-state index in [0.29, 0.717) is 5.92 Å². The predicted molar refractivity (Wildman–Crippen MR) is 65.9 cm³/mol. The Morgan fingerprint density at radius 3 is 2.38 bits per heavy atom. The summed E-state index contributed by atoms with van der Waals surface area (Å²) in [6.07, 6.45) is 3.18. The highest BCUT2D eigenvalue weighted by Gasteiger charge is 2.10. The van der Waals surface area contributed by atoms with Gasteiger partial charge in [0.15, 0.2) is 0 Å². The molecule has 0 saturated carbocycles. The summed E-state index contributed by atoms with van der Waals surface area (Å²) in [6, 6.07) is 9.69. The summed E-state index contributed by atoms with van der Waals surface area (Å²) >= 11 is 0. The molecule has 0 heterocycles. The molecule has 0 fully saturated rings. The molecular weight excluding hydrogens is 200 g/mol. The summed E-state index contributed by atoms with van der Waals surface area (Å²) in [4.78, 5) is 11.4. The minimum absolute atomic E-state index is 0.0482. The summed E-state index contributed by atoms with van der Waals surface area (Å²) in [5.74, 6) is 0.0547. The molecule has 0 aliphatic rings. The molecule has 1 atom stereocenters. The highest BCUT2D eigenvalue weighted by Crippen LogP contribution is 2.07.